The average molecular weight is 484 g/mol. The summed E-state index contributed by atoms with van der Waals surface area (Å²) in [6.07, 6.45) is 2.49. The van der Waals surface area contributed by atoms with Crippen molar-refractivity contribution in [3.63, 3.8) is 0 Å². The second-order valence-corrected chi connectivity index (χ2v) is 8.46. The summed E-state index contributed by atoms with van der Waals surface area (Å²) in [5, 5.41) is 11.3. The minimum absolute atomic E-state index is 0.0448. The number of rotatable bonds is 10. The van der Waals surface area contributed by atoms with Crippen molar-refractivity contribution in [2.45, 2.75) is 25.9 Å². The molecule has 1 N–H and O–H groups in total. The Kier molecular flexibility index (Phi) is 7.85. The number of Topliss-reactive ketones (excluding diaryl/α,β-unsaturated/α-hetero) is 1. The van der Waals surface area contributed by atoms with Crippen LogP contribution in [-0.4, -0.2) is 34.9 Å². The molecule has 1 aliphatic heterocycles. The molecule has 1 fully saturated rings. The van der Waals surface area contributed by atoms with E-state index >= 15 is 0 Å². The van der Waals surface area contributed by atoms with E-state index in [0.717, 1.165) is 12.0 Å². The van der Waals surface area contributed by atoms with Gasteiger partial charge in [0, 0.05) is 12.1 Å². The van der Waals surface area contributed by atoms with Gasteiger partial charge in [-0.1, -0.05) is 74.2 Å². The van der Waals surface area contributed by atoms with Crippen molar-refractivity contribution in [2.24, 2.45) is 0 Å². The third kappa shape index (κ3) is 5.33. The monoisotopic (exact) mass is 483 g/mol. The molecule has 6 nitrogen and oxygen atoms in total. The Morgan fingerprint density at radius 1 is 0.972 bits per heavy atom. The predicted molar refractivity (Wildman–Crippen MR) is 139 cm³/mol. The first-order valence-electron chi connectivity index (χ1n) is 11.9. The number of nitrogens with zero attached hydrogens (tertiary/aromatic N) is 1. The van der Waals surface area contributed by atoms with E-state index in [-0.39, 0.29) is 17.9 Å². The number of amides is 1. The van der Waals surface area contributed by atoms with E-state index < -0.39 is 17.7 Å². The van der Waals surface area contributed by atoms with Crippen molar-refractivity contribution >= 4 is 17.4 Å². The Morgan fingerprint density at radius 3 is 2.42 bits per heavy atom. The Hall–Kier alpha value is -4.32. The summed E-state index contributed by atoms with van der Waals surface area (Å²) in [6.45, 7) is 6.78. The minimum Gasteiger partial charge on any atom is -0.507 e. The zero-order valence-corrected chi connectivity index (χ0v) is 20.2. The van der Waals surface area contributed by atoms with Crippen molar-refractivity contribution in [3.8, 4) is 11.5 Å². The first-order valence-corrected chi connectivity index (χ1v) is 11.9. The number of likely N-dealkylation sites (tertiary alicyclic amines) is 1. The number of hydrogen-bond donors (Lipinski definition) is 1. The smallest absolute Gasteiger partial charge is 0.295 e. The number of aliphatic hydroxyl groups is 1. The molecule has 1 unspecified atom stereocenters. The van der Waals surface area contributed by atoms with Crippen LogP contribution < -0.4 is 9.47 Å². The van der Waals surface area contributed by atoms with Crippen molar-refractivity contribution in [1.29, 1.82) is 0 Å². The molecule has 0 aromatic heterocycles. The number of hydrogen-bond acceptors (Lipinski definition) is 5. The van der Waals surface area contributed by atoms with Gasteiger partial charge in [-0.25, -0.2) is 0 Å². The number of benzene rings is 3. The van der Waals surface area contributed by atoms with Crippen LogP contribution in [0.25, 0.3) is 5.76 Å². The maximum Gasteiger partial charge on any atom is 0.295 e. The number of aliphatic hydroxyl groups excluding tert-OH is 1. The van der Waals surface area contributed by atoms with Crippen LogP contribution >= 0.6 is 0 Å². The van der Waals surface area contributed by atoms with Gasteiger partial charge in [-0.15, -0.1) is 0 Å². The molecule has 6 heteroatoms. The van der Waals surface area contributed by atoms with Crippen LogP contribution in [-0.2, 0) is 16.1 Å². The molecule has 4 rings (SSSR count). The fourth-order valence-electron chi connectivity index (χ4n) is 4.18. The normalized spacial score (nSPS) is 16.7. The maximum absolute atomic E-state index is 13.3. The molecule has 184 valence electrons. The first-order chi connectivity index (χ1) is 17.5. The summed E-state index contributed by atoms with van der Waals surface area (Å²) in [5.41, 5.74) is 2.03. The highest BCUT2D eigenvalue weighted by atomic mass is 16.5. The molecular weight excluding hydrogens is 454 g/mol. The summed E-state index contributed by atoms with van der Waals surface area (Å²) in [7, 11) is 0. The molecule has 36 heavy (non-hydrogen) atoms. The largest absolute Gasteiger partial charge is 0.507 e. The van der Waals surface area contributed by atoms with E-state index in [1.807, 2.05) is 37.3 Å². The third-order valence-corrected chi connectivity index (χ3v) is 5.88. The van der Waals surface area contributed by atoms with E-state index in [1.54, 1.807) is 54.6 Å². The van der Waals surface area contributed by atoms with Gasteiger partial charge in [-0.3, -0.25) is 9.59 Å². The standard InChI is InChI=1S/C30H29NO5/c1-3-17-35-24-15-13-22(14-16-24)27-26(28(32)23-11-8-12-25(19-23)36-18-4-2)29(33)30(34)31(27)20-21-9-6-5-7-10-21/h3,5-16,19,27,32H,1,4,17-18,20H2,2H3. The number of carbonyl (C=O) groups is 2. The van der Waals surface area contributed by atoms with Gasteiger partial charge in [0.2, 0.25) is 0 Å². The van der Waals surface area contributed by atoms with Gasteiger partial charge >= 0.3 is 0 Å². The average Bonchev–Trinajstić information content (AvgIpc) is 3.16. The molecule has 1 saturated heterocycles. The number of carbonyl (C=O) groups excluding carboxylic acids is 2. The highest BCUT2D eigenvalue weighted by molar-refractivity contribution is 6.46. The van der Waals surface area contributed by atoms with Crippen molar-refractivity contribution in [1.82, 2.24) is 4.90 Å². The zero-order chi connectivity index (χ0) is 25.5. The SMILES string of the molecule is C=CCOc1ccc(C2C(=C(O)c3cccc(OCCC)c3)C(=O)C(=O)N2Cc2ccccc2)cc1. The Morgan fingerprint density at radius 2 is 1.72 bits per heavy atom. The van der Waals surface area contributed by atoms with E-state index in [2.05, 4.69) is 6.58 Å². The van der Waals surface area contributed by atoms with Crippen LogP contribution in [0.5, 0.6) is 11.5 Å². The molecule has 0 bridgehead atoms. The van der Waals surface area contributed by atoms with Crippen LogP contribution in [0, 0.1) is 0 Å². The lowest BCUT2D eigenvalue weighted by Crippen LogP contribution is -2.29. The summed E-state index contributed by atoms with van der Waals surface area (Å²) >= 11 is 0. The third-order valence-electron chi connectivity index (χ3n) is 5.88. The van der Waals surface area contributed by atoms with E-state index in [0.29, 0.717) is 35.8 Å². The quantitative estimate of drug-likeness (QED) is 0.174. The highest BCUT2D eigenvalue weighted by Crippen LogP contribution is 2.41. The lowest BCUT2D eigenvalue weighted by atomic mass is 9.95. The molecule has 1 atom stereocenters. The molecule has 3 aromatic carbocycles. The fraction of sp³-hybridized carbons (Fsp3) is 0.200. The minimum atomic E-state index is -0.765. The molecule has 3 aromatic rings. The van der Waals surface area contributed by atoms with Gasteiger partial charge in [-0.2, -0.15) is 0 Å². The van der Waals surface area contributed by atoms with Crippen molar-refractivity contribution in [2.75, 3.05) is 13.2 Å². The van der Waals surface area contributed by atoms with Gasteiger partial charge in [0.15, 0.2) is 0 Å². The lowest BCUT2D eigenvalue weighted by molar-refractivity contribution is -0.140. The molecule has 1 aliphatic rings. The van der Waals surface area contributed by atoms with E-state index in [1.165, 1.54) is 4.90 Å². The second-order valence-electron chi connectivity index (χ2n) is 8.46. The number of ketones is 1. The van der Waals surface area contributed by atoms with E-state index in [9.17, 15) is 14.7 Å². The van der Waals surface area contributed by atoms with Crippen LogP contribution in [0.1, 0.15) is 36.1 Å². The Balaban J connectivity index is 1.79. The first kappa shape index (κ1) is 24.8. The molecule has 1 amide bonds. The molecule has 0 saturated carbocycles. The second kappa shape index (κ2) is 11.4. The molecule has 0 radical (unpaired) electrons. The Labute approximate surface area is 211 Å². The Bertz CT molecular complexity index is 1260. The number of ether oxygens (including phenoxy) is 2. The summed E-state index contributed by atoms with van der Waals surface area (Å²) in [6, 6.07) is 22.8. The molecule has 0 spiro atoms. The molecular formula is C30H29NO5. The van der Waals surface area contributed by atoms with Crippen LogP contribution in [0.15, 0.2) is 97.1 Å². The summed E-state index contributed by atoms with van der Waals surface area (Å²) in [5.74, 6) is -0.391. The van der Waals surface area contributed by atoms with Crippen molar-refractivity contribution in [3.05, 3.63) is 114 Å². The van der Waals surface area contributed by atoms with E-state index in [4.69, 9.17) is 9.47 Å². The molecule has 0 aliphatic carbocycles. The van der Waals surface area contributed by atoms with Crippen LogP contribution in [0.3, 0.4) is 0 Å². The van der Waals surface area contributed by atoms with Gasteiger partial charge < -0.3 is 19.5 Å². The fourth-order valence-corrected chi connectivity index (χ4v) is 4.18. The highest BCUT2D eigenvalue weighted by Gasteiger charge is 2.46. The summed E-state index contributed by atoms with van der Waals surface area (Å²) < 4.78 is 11.3. The van der Waals surface area contributed by atoms with Crippen LogP contribution in [0.2, 0.25) is 0 Å². The molecule has 1 heterocycles. The van der Waals surface area contributed by atoms with Gasteiger partial charge in [-0.05, 0) is 41.8 Å². The topological polar surface area (TPSA) is 76.1 Å². The van der Waals surface area contributed by atoms with Crippen LogP contribution in [0.4, 0.5) is 0 Å². The maximum atomic E-state index is 13.3. The zero-order valence-electron chi connectivity index (χ0n) is 20.2. The lowest BCUT2D eigenvalue weighted by Gasteiger charge is -2.25. The van der Waals surface area contributed by atoms with Crippen molar-refractivity contribution < 1.29 is 24.2 Å². The summed E-state index contributed by atoms with van der Waals surface area (Å²) in [4.78, 5) is 28.0. The predicted octanol–water partition coefficient (Wildman–Crippen LogP) is 5.66. The van der Waals surface area contributed by atoms with Gasteiger partial charge in [0.05, 0.1) is 18.2 Å². The van der Waals surface area contributed by atoms with Gasteiger partial charge in [0.25, 0.3) is 11.7 Å². The van der Waals surface area contributed by atoms with Gasteiger partial charge in [0.1, 0.15) is 23.9 Å².